The molecule has 4 nitrogen and oxygen atoms in total. The lowest BCUT2D eigenvalue weighted by atomic mass is 9.56. The summed E-state index contributed by atoms with van der Waals surface area (Å²) in [5, 5.41) is 7.72. The highest BCUT2D eigenvalue weighted by atomic mass is 16.7. The van der Waals surface area contributed by atoms with Gasteiger partial charge in [0.2, 0.25) is 0 Å². The molecule has 0 unspecified atom stereocenters. The van der Waals surface area contributed by atoms with Crippen LogP contribution in [0.4, 0.5) is 11.4 Å². The quantitative estimate of drug-likeness (QED) is 0.357. The van der Waals surface area contributed by atoms with Crippen LogP contribution in [0, 0.1) is 0 Å². The van der Waals surface area contributed by atoms with Gasteiger partial charge in [0.15, 0.2) is 0 Å². The standard InChI is InChI=1S/C32H40B2N2O2/c1-7-9-12-21-16-17-28-25(18-21)23-14-11-15-24-26-19-22(13-10-8-2)20-27(30(26)36-33(35-28)29(23)24)34-37-31(3,4)32(5,6)38-34/h11,14-20,35-36H,7-10,12-13H2,1-6H3. The van der Waals surface area contributed by atoms with Gasteiger partial charge in [-0.05, 0) is 99.3 Å². The Morgan fingerprint density at radius 2 is 1.34 bits per heavy atom. The first-order valence-electron chi connectivity index (χ1n) is 14.5. The zero-order chi connectivity index (χ0) is 26.7. The average Bonchev–Trinajstić information content (AvgIpc) is 3.12. The van der Waals surface area contributed by atoms with Crippen molar-refractivity contribution in [2.75, 3.05) is 10.5 Å². The molecule has 1 fully saturated rings. The predicted octanol–water partition coefficient (Wildman–Crippen LogP) is 6.55. The number of hydrogen-bond acceptors (Lipinski definition) is 4. The third-order valence-corrected chi connectivity index (χ3v) is 9.02. The molecule has 38 heavy (non-hydrogen) atoms. The summed E-state index contributed by atoms with van der Waals surface area (Å²) in [7, 11) is -0.412. The van der Waals surface area contributed by atoms with Crippen LogP contribution in [0.3, 0.4) is 0 Å². The number of nitrogens with one attached hydrogen (secondary N) is 2. The number of hydrogen-bond donors (Lipinski definition) is 2. The van der Waals surface area contributed by atoms with Crippen LogP contribution in [-0.2, 0) is 22.2 Å². The van der Waals surface area contributed by atoms with E-state index in [-0.39, 0.29) is 18.2 Å². The molecule has 6 rings (SSSR count). The Labute approximate surface area is 229 Å². The summed E-state index contributed by atoms with van der Waals surface area (Å²) < 4.78 is 13.2. The highest BCUT2D eigenvalue weighted by molar-refractivity contribution is 6.84. The van der Waals surface area contributed by atoms with Crippen molar-refractivity contribution in [1.82, 2.24) is 0 Å². The van der Waals surface area contributed by atoms with Gasteiger partial charge in [-0.25, -0.2) is 0 Å². The highest BCUT2D eigenvalue weighted by Crippen LogP contribution is 2.42. The first-order chi connectivity index (χ1) is 18.2. The maximum absolute atomic E-state index is 6.59. The molecule has 0 saturated carbocycles. The van der Waals surface area contributed by atoms with Crippen molar-refractivity contribution in [2.45, 2.75) is 91.3 Å². The second-order valence-corrected chi connectivity index (χ2v) is 12.3. The van der Waals surface area contributed by atoms with Gasteiger partial charge >= 0.3 is 14.1 Å². The van der Waals surface area contributed by atoms with Gasteiger partial charge in [0, 0.05) is 28.0 Å². The lowest BCUT2D eigenvalue weighted by molar-refractivity contribution is 0.00578. The minimum absolute atomic E-state index is 0.00893. The van der Waals surface area contributed by atoms with Gasteiger partial charge in [0.05, 0.1) is 11.2 Å². The largest absolute Gasteiger partial charge is 0.496 e. The lowest BCUT2D eigenvalue weighted by Crippen LogP contribution is -2.54. The third-order valence-electron chi connectivity index (χ3n) is 9.02. The Bertz CT molecular complexity index is 1370. The maximum atomic E-state index is 6.59. The zero-order valence-electron chi connectivity index (χ0n) is 23.8. The van der Waals surface area contributed by atoms with Crippen molar-refractivity contribution in [3.05, 3.63) is 59.7 Å². The van der Waals surface area contributed by atoms with Crippen LogP contribution in [0.15, 0.2) is 48.5 Å². The Morgan fingerprint density at radius 3 is 2.03 bits per heavy atom. The van der Waals surface area contributed by atoms with Crippen LogP contribution in [0.5, 0.6) is 0 Å². The minimum atomic E-state index is -0.412. The molecule has 3 heterocycles. The summed E-state index contributed by atoms with van der Waals surface area (Å²) in [6, 6.07) is 18.4. The minimum Gasteiger partial charge on any atom is -0.405 e. The van der Waals surface area contributed by atoms with Crippen molar-refractivity contribution >= 4 is 36.4 Å². The first kappa shape index (κ1) is 25.6. The van der Waals surface area contributed by atoms with E-state index in [4.69, 9.17) is 9.31 Å². The van der Waals surface area contributed by atoms with Gasteiger partial charge in [0.25, 0.3) is 0 Å². The number of rotatable bonds is 7. The molecule has 3 aromatic rings. The fourth-order valence-corrected chi connectivity index (χ4v) is 6.08. The number of benzene rings is 3. The molecule has 1 saturated heterocycles. The van der Waals surface area contributed by atoms with Crippen LogP contribution in [-0.4, -0.2) is 25.3 Å². The lowest BCUT2D eigenvalue weighted by Gasteiger charge is -2.36. The number of aryl methyl sites for hydroxylation is 2. The Morgan fingerprint density at radius 1 is 0.711 bits per heavy atom. The second kappa shape index (κ2) is 9.50. The van der Waals surface area contributed by atoms with Crippen LogP contribution in [0.2, 0.25) is 0 Å². The maximum Gasteiger partial charge on any atom is 0.496 e. The van der Waals surface area contributed by atoms with Crippen molar-refractivity contribution < 1.29 is 9.31 Å². The molecule has 0 radical (unpaired) electrons. The Balaban J connectivity index is 1.49. The Kier molecular flexibility index (Phi) is 6.39. The molecule has 3 aliphatic rings. The van der Waals surface area contributed by atoms with Gasteiger partial charge < -0.3 is 19.8 Å². The molecule has 0 amide bonds. The van der Waals surface area contributed by atoms with Crippen molar-refractivity contribution in [3.8, 4) is 22.3 Å². The van der Waals surface area contributed by atoms with Gasteiger partial charge in [-0.1, -0.05) is 57.0 Å². The smallest absolute Gasteiger partial charge is 0.405 e. The molecule has 0 bridgehead atoms. The van der Waals surface area contributed by atoms with E-state index in [9.17, 15) is 0 Å². The van der Waals surface area contributed by atoms with Crippen LogP contribution >= 0.6 is 0 Å². The third kappa shape index (κ3) is 4.17. The normalized spacial score (nSPS) is 17.8. The van der Waals surface area contributed by atoms with Crippen molar-refractivity contribution in [1.29, 1.82) is 0 Å². The zero-order valence-corrected chi connectivity index (χ0v) is 23.8. The van der Waals surface area contributed by atoms with Gasteiger partial charge in [-0.3, -0.25) is 0 Å². The van der Waals surface area contributed by atoms with Gasteiger partial charge in [-0.15, -0.1) is 0 Å². The van der Waals surface area contributed by atoms with E-state index in [0.29, 0.717) is 0 Å². The number of unbranched alkanes of at least 4 members (excludes halogenated alkanes) is 2. The molecule has 0 aromatic heterocycles. The molecular weight excluding hydrogens is 466 g/mol. The van der Waals surface area contributed by atoms with E-state index in [1.807, 2.05) is 0 Å². The van der Waals surface area contributed by atoms with Gasteiger partial charge in [-0.2, -0.15) is 0 Å². The molecule has 6 heteroatoms. The monoisotopic (exact) mass is 506 g/mol. The van der Waals surface area contributed by atoms with Gasteiger partial charge in [0.1, 0.15) is 0 Å². The van der Waals surface area contributed by atoms with E-state index in [2.05, 4.69) is 101 Å². The molecule has 0 atom stereocenters. The van der Waals surface area contributed by atoms with Crippen LogP contribution < -0.4 is 21.4 Å². The highest BCUT2D eigenvalue weighted by Gasteiger charge is 2.53. The summed E-state index contributed by atoms with van der Waals surface area (Å²) >= 11 is 0. The summed E-state index contributed by atoms with van der Waals surface area (Å²) in [5.74, 6) is 0. The molecule has 3 aliphatic heterocycles. The topological polar surface area (TPSA) is 42.5 Å². The summed E-state index contributed by atoms with van der Waals surface area (Å²) in [4.78, 5) is 0. The fraction of sp³-hybridized carbons (Fsp3) is 0.438. The summed E-state index contributed by atoms with van der Waals surface area (Å²) in [5.41, 5.74) is 11.9. The van der Waals surface area contributed by atoms with Crippen LogP contribution in [0.25, 0.3) is 22.3 Å². The second-order valence-electron chi connectivity index (χ2n) is 12.3. The number of anilines is 2. The van der Waals surface area contributed by atoms with E-state index in [0.717, 1.165) is 24.0 Å². The molecule has 0 aliphatic carbocycles. The average molecular weight is 506 g/mol. The van der Waals surface area contributed by atoms with E-state index < -0.39 is 7.12 Å². The van der Waals surface area contributed by atoms with E-state index in [1.165, 1.54) is 70.2 Å². The Hall–Kier alpha value is -2.69. The molecule has 0 spiro atoms. The summed E-state index contributed by atoms with van der Waals surface area (Å²) in [6.45, 7) is 13.0. The van der Waals surface area contributed by atoms with E-state index in [1.54, 1.807) is 0 Å². The predicted molar refractivity (Wildman–Crippen MR) is 163 cm³/mol. The fourth-order valence-electron chi connectivity index (χ4n) is 6.08. The molecular formula is C32H40B2N2O2. The molecule has 2 N–H and O–H groups in total. The van der Waals surface area contributed by atoms with E-state index >= 15 is 0 Å². The van der Waals surface area contributed by atoms with Crippen LogP contribution in [0.1, 0.15) is 78.4 Å². The van der Waals surface area contributed by atoms with Crippen molar-refractivity contribution in [2.24, 2.45) is 0 Å². The number of fused-ring (bicyclic) bond motifs is 4. The van der Waals surface area contributed by atoms with Crippen molar-refractivity contribution in [3.63, 3.8) is 0 Å². The molecule has 3 aromatic carbocycles. The summed E-state index contributed by atoms with van der Waals surface area (Å²) in [6.07, 6.45) is 6.95. The first-order valence-corrected chi connectivity index (χ1v) is 14.5. The SMILES string of the molecule is CCCCc1ccc2c(c1)-c1cccc3c1B(N2)Nc1c(B2OC(C)(C)C(C)(C)O2)cc(CCCC)cc1-3. The molecule has 196 valence electrons.